The SMILES string of the molecule is N#CCOc1ccc(/C=C2/SC(=O)NC2=O)cc1. The molecule has 1 heterocycles. The first-order valence-electron chi connectivity index (χ1n) is 5.04. The van der Waals surface area contributed by atoms with Crippen LogP contribution in [-0.2, 0) is 4.79 Å². The van der Waals surface area contributed by atoms with Crippen LogP contribution in [0.15, 0.2) is 29.2 Å². The molecule has 1 N–H and O–H groups in total. The molecular formula is C12H8N2O3S. The zero-order valence-electron chi connectivity index (χ0n) is 9.17. The molecule has 0 atom stereocenters. The Morgan fingerprint density at radius 2 is 2.06 bits per heavy atom. The molecule has 2 amide bonds. The number of benzene rings is 1. The topological polar surface area (TPSA) is 79.2 Å². The second kappa shape index (κ2) is 5.38. The molecule has 6 heteroatoms. The van der Waals surface area contributed by atoms with E-state index in [4.69, 9.17) is 10.00 Å². The Morgan fingerprint density at radius 1 is 1.33 bits per heavy atom. The summed E-state index contributed by atoms with van der Waals surface area (Å²) in [7, 11) is 0. The zero-order chi connectivity index (χ0) is 13.0. The van der Waals surface area contributed by atoms with E-state index in [2.05, 4.69) is 5.32 Å². The lowest BCUT2D eigenvalue weighted by atomic mass is 10.2. The minimum Gasteiger partial charge on any atom is -0.479 e. The highest BCUT2D eigenvalue weighted by Gasteiger charge is 2.24. The summed E-state index contributed by atoms with van der Waals surface area (Å²) in [6.07, 6.45) is 1.62. The first kappa shape index (κ1) is 12.2. The van der Waals surface area contributed by atoms with E-state index in [-0.39, 0.29) is 17.8 Å². The van der Waals surface area contributed by atoms with Gasteiger partial charge in [-0.05, 0) is 35.5 Å². The van der Waals surface area contributed by atoms with Crippen LogP contribution in [-0.4, -0.2) is 17.8 Å². The van der Waals surface area contributed by atoms with Gasteiger partial charge in [-0.15, -0.1) is 0 Å². The number of nitrogens with one attached hydrogen (secondary N) is 1. The number of nitrogens with zero attached hydrogens (tertiary/aromatic N) is 1. The first-order valence-corrected chi connectivity index (χ1v) is 5.85. The molecule has 18 heavy (non-hydrogen) atoms. The van der Waals surface area contributed by atoms with Gasteiger partial charge in [0.05, 0.1) is 4.91 Å². The van der Waals surface area contributed by atoms with Gasteiger partial charge < -0.3 is 4.74 Å². The standard InChI is InChI=1S/C12H8N2O3S/c13-5-6-17-9-3-1-8(2-4-9)7-10-11(15)14-12(16)18-10/h1-4,7H,6H2,(H,14,15,16)/b10-7+. The van der Waals surface area contributed by atoms with E-state index in [1.54, 1.807) is 30.3 Å². The van der Waals surface area contributed by atoms with Crippen LogP contribution in [0.2, 0.25) is 0 Å². The summed E-state index contributed by atoms with van der Waals surface area (Å²) in [5.74, 6) is 0.202. The van der Waals surface area contributed by atoms with Crippen molar-refractivity contribution in [1.29, 1.82) is 5.26 Å². The summed E-state index contributed by atoms with van der Waals surface area (Å²) in [5.41, 5.74) is 0.784. The minimum atomic E-state index is -0.380. The maximum absolute atomic E-state index is 11.3. The summed E-state index contributed by atoms with van der Waals surface area (Å²) in [6.45, 7) is -0.00675. The van der Waals surface area contributed by atoms with E-state index in [1.165, 1.54) is 0 Å². The molecule has 0 aliphatic carbocycles. The van der Waals surface area contributed by atoms with Gasteiger partial charge in [0, 0.05) is 0 Å². The Morgan fingerprint density at radius 3 is 2.61 bits per heavy atom. The van der Waals surface area contributed by atoms with Crippen molar-refractivity contribution < 1.29 is 14.3 Å². The van der Waals surface area contributed by atoms with E-state index < -0.39 is 0 Å². The molecule has 0 unspecified atom stereocenters. The smallest absolute Gasteiger partial charge is 0.290 e. The maximum Gasteiger partial charge on any atom is 0.290 e. The van der Waals surface area contributed by atoms with Crippen LogP contribution in [0.25, 0.3) is 6.08 Å². The van der Waals surface area contributed by atoms with Crippen LogP contribution in [0.3, 0.4) is 0 Å². The number of rotatable bonds is 3. The van der Waals surface area contributed by atoms with Gasteiger partial charge in [0.1, 0.15) is 11.8 Å². The number of carbonyl (C=O) groups excluding carboxylic acids is 2. The van der Waals surface area contributed by atoms with Crippen molar-refractivity contribution in [1.82, 2.24) is 5.32 Å². The fourth-order valence-corrected chi connectivity index (χ4v) is 2.03. The minimum absolute atomic E-state index is 0.00675. The maximum atomic E-state index is 11.3. The molecule has 1 aromatic rings. The highest BCUT2D eigenvalue weighted by atomic mass is 32.2. The fourth-order valence-electron chi connectivity index (χ4n) is 1.35. The van der Waals surface area contributed by atoms with E-state index in [0.29, 0.717) is 10.7 Å². The van der Waals surface area contributed by atoms with Crippen molar-refractivity contribution in [3.05, 3.63) is 34.7 Å². The van der Waals surface area contributed by atoms with Crippen LogP contribution in [0.1, 0.15) is 5.56 Å². The van der Waals surface area contributed by atoms with Gasteiger partial charge in [-0.2, -0.15) is 5.26 Å². The molecule has 0 spiro atoms. The number of nitriles is 1. The molecule has 0 aromatic heterocycles. The average molecular weight is 260 g/mol. The first-order chi connectivity index (χ1) is 8.69. The predicted octanol–water partition coefficient (Wildman–Crippen LogP) is 1.91. The van der Waals surface area contributed by atoms with Crippen LogP contribution < -0.4 is 10.1 Å². The number of hydrogen-bond acceptors (Lipinski definition) is 5. The summed E-state index contributed by atoms with van der Waals surface area (Å²) in [6, 6.07) is 8.76. The van der Waals surface area contributed by atoms with Gasteiger partial charge in [-0.25, -0.2) is 0 Å². The molecule has 1 aliphatic heterocycles. The summed E-state index contributed by atoms with van der Waals surface area (Å²) in [4.78, 5) is 22.6. The summed E-state index contributed by atoms with van der Waals surface area (Å²) < 4.78 is 5.10. The number of carbonyl (C=O) groups is 2. The second-order valence-corrected chi connectivity index (χ2v) is 4.38. The molecule has 1 aromatic carbocycles. The van der Waals surface area contributed by atoms with Crippen molar-refractivity contribution >= 4 is 29.0 Å². The van der Waals surface area contributed by atoms with Gasteiger partial charge in [-0.3, -0.25) is 14.9 Å². The van der Waals surface area contributed by atoms with Gasteiger partial charge >= 0.3 is 0 Å². The third-order valence-corrected chi connectivity index (χ3v) is 2.93. The number of thioether (sulfide) groups is 1. The molecule has 5 nitrogen and oxygen atoms in total. The van der Waals surface area contributed by atoms with Gasteiger partial charge in [0.2, 0.25) is 0 Å². The van der Waals surface area contributed by atoms with Crippen molar-refractivity contribution in [2.24, 2.45) is 0 Å². The monoisotopic (exact) mass is 260 g/mol. The summed E-state index contributed by atoms with van der Waals surface area (Å²) in [5, 5.41) is 10.2. The molecule has 0 bridgehead atoms. The second-order valence-electron chi connectivity index (χ2n) is 3.37. The molecular weight excluding hydrogens is 252 g/mol. The fraction of sp³-hybridized carbons (Fsp3) is 0.0833. The quantitative estimate of drug-likeness (QED) is 0.840. The van der Waals surface area contributed by atoms with Crippen LogP contribution in [0, 0.1) is 11.3 Å². The molecule has 1 aliphatic rings. The van der Waals surface area contributed by atoms with Crippen LogP contribution in [0.5, 0.6) is 5.75 Å². The molecule has 1 fully saturated rings. The van der Waals surface area contributed by atoms with Gasteiger partial charge in [-0.1, -0.05) is 12.1 Å². The third-order valence-electron chi connectivity index (χ3n) is 2.12. The number of imide groups is 1. The number of hydrogen-bond donors (Lipinski definition) is 1. The van der Waals surface area contributed by atoms with Crippen molar-refractivity contribution in [2.45, 2.75) is 0 Å². The van der Waals surface area contributed by atoms with Crippen molar-refractivity contribution in [3.63, 3.8) is 0 Å². The highest BCUT2D eigenvalue weighted by molar-refractivity contribution is 8.18. The average Bonchev–Trinajstić information content (AvgIpc) is 2.67. The lowest BCUT2D eigenvalue weighted by Crippen LogP contribution is -2.17. The van der Waals surface area contributed by atoms with Crippen LogP contribution >= 0.6 is 11.8 Å². The van der Waals surface area contributed by atoms with E-state index in [1.807, 2.05) is 6.07 Å². The van der Waals surface area contributed by atoms with E-state index in [0.717, 1.165) is 17.3 Å². The summed E-state index contributed by atoms with van der Waals surface area (Å²) >= 11 is 0.874. The lowest BCUT2D eigenvalue weighted by molar-refractivity contribution is -0.115. The van der Waals surface area contributed by atoms with Gasteiger partial charge in [0.25, 0.3) is 11.1 Å². The Hall–Kier alpha value is -2.26. The Kier molecular flexibility index (Phi) is 3.65. The Balaban J connectivity index is 2.11. The Labute approximate surface area is 107 Å². The molecule has 1 saturated heterocycles. The Bertz CT molecular complexity index is 558. The molecule has 0 saturated carbocycles. The predicted molar refractivity (Wildman–Crippen MR) is 66.7 cm³/mol. The van der Waals surface area contributed by atoms with Gasteiger partial charge in [0.15, 0.2) is 6.61 Å². The number of ether oxygens (including phenoxy) is 1. The molecule has 2 rings (SSSR count). The third kappa shape index (κ3) is 2.90. The number of amides is 2. The normalized spacial score (nSPS) is 16.5. The van der Waals surface area contributed by atoms with E-state index in [9.17, 15) is 9.59 Å². The van der Waals surface area contributed by atoms with E-state index >= 15 is 0 Å². The largest absolute Gasteiger partial charge is 0.479 e. The highest BCUT2D eigenvalue weighted by Crippen LogP contribution is 2.26. The van der Waals surface area contributed by atoms with Crippen molar-refractivity contribution in [2.75, 3.05) is 6.61 Å². The zero-order valence-corrected chi connectivity index (χ0v) is 9.99. The lowest BCUT2D eigenvalue weighted by Gasteiger charge is -2.01. The molecule has 0 radical (unpaired) electrons. The van der Waals surface area contributed by atoms with Crippen molar-refractivity contribution in [3.8, 4) is 11.8 Å². The van der Waals surface area contributed by atoms with Crippen LogP contribution in [0.4, 0.5) is 4.79 Å². The molecule has 90 valence electrons.